The number of carbonyl (C=O) groups is 1. The summed E-state index contributed by atoms with van der Waals surface area (Å²) in [6.45, 7) is 0. The van der Waals surface area contributed by atoms with Crippen molar-refractivity contribution in [3.63, 3.8) is 0 Å². The fourth-order valence-corrected chi connectivity index (χ4v) is 2.03. The molecule has 0 radical (unpaired) electrons. The third kappa shape index (κ3) is 2.25. The second-order valence-corrected chi connectivity index (χ2v) is 4.46. The summed E-state index contributed by atoms with van der Waals surface area (Å²) in [5.74, 6) is -0.452. The third-order valence-electron chi connectivity index (χ3n) is 1.56. The van der Waals surface area contributed by atoms with Gasteiger partial charge in [-0.3, -0.25) is 0 Å². The summed E-state index contributed by atoms with van der Waals surface area (Å²) in [6.07, 6.45) is 0. The molecule has 14 heavy (non-hydrogen) atoms. The van der Waals surface area contributed by atoms with Gasteiger partial charge in [0.15, 0.2) is 0 Å². The van der Waals surface area contributed by atoms with Crippen molar-refractivity contribution in [1.82, 2.24) is 0 Å². The van der Waals surface area contributed by atoms with Gasteiger partial charge in [0.1, 0.15) is 6.07 Å². The van der Waals surface area contributed by atoms with Crippen LogP contribution in [0.4, 0.5) is 0 Å². The Kier molecular flexibility index (Phi) is 3.89. The highest BCUT2D eigenvalue weighted by molar-refractivity contribution is 14.1. The van der Waals surface area contributed by atoms with E-state index in [4.69, 9.17) is 5.26 Å². The second-order valence-electron chi connectivity index (χ2n) is 2.42. The SMILES string of the molecule is COC(=O)c1cc(I)cc(C#N)c1Br. The number of methoxy groups -OCH3 is 1. The zero-order valence-corrected chi connectivity index (χ0v) is 10.9. The molecule has 0 spiro atoms. The molecule has 0 aliphatic carbocycles. The van der Waals surface area contributed by atoms with Crippen molar-refractivity contribution in [2.45, 2.75) is 0 Å². The summed E-state index contributed by atoms with van der Waals surface area (Å²) in [5, 5.41) is 8.79. The highest BCUT2D eigenvalue weighted by Gasteiger charge is 2.14. The summed E-state index contributed by atoms with van der Waals surface area (Å²) >= 11 is 5.23. The molecule has 1 aromatic rings. The lowest BCUT2D eigenvalue weighted by Gasteiger charge is -2.04. The number of halogens is 2. The number of ether oxygens (including phenoxy) is 1. The van der Waals surface area contributed by atoms with E-state index in [1.165, 1.54) is 7.11 Å². The molecular formula is C9H5BrINO2. The predicted molar refractivity (Wildman–Crippen MR) is 62.9 cm³/mol. The Bertz CT molecular complexity index is 426. The molecule has 0 saturated carbocycles. The summed E-state index contributed by atoms with van der Waals surface area (Å²) in [7, 11) is 1.31. The molecule has 0 saturated heterocycles. The molecular weight excluding hydrogens is 361 g/mol. The third-order valence-corrected chi connectivity index (χ3v) is 3.04. The summed E-state index contributed by atoms with van der Waals surface area (Å²) < 4.78 is 5.89. The first-order chi connectivity index (χ1) is 6.60. The van der Waals surface area contributed by atoms with Gasteiger partial charge in [-0.2, -0.15) is 5.26 Å². The highest BCUT2D eigenvalue weighted by Crippen LogP contribution is 2.24. The maximum Gasteiger partial charge on any atom is 0.339 e. The molecule has 0 unspecified atom stereocenters. The topological polar surface area (TPSA) is 50.1 Å². The molecule has 72 valence electrons. The van der Waals surface area contributed by atoms with Crippen molar-refractivity contribution < 1.29 is 9.53 Å². The number of hydrogen-bond acceptors (Lipinski definition) is 3. The molecule has 0 N–H and O–H groups in total. The van der Waals surface area contributed by atoms with Crippen molar-refractivity contribution in [2.24, 2.45) is 0 Å². The molecule has 0 aliphatic heterocycles. The molecule has 0 heterocycles. The van der Waals surface area contributed by atoms with Crippen LogP contribution in [0.25, 0.3) is 0 Å². The number of nitriles is 1. The lowest BCUT2D eigenvalue weighted by molar-refractivity contribution is 0.0599. The smallest absolute Gasteiger partial charge is 0.339 e. The molecule has 5 heteroatoms. The lowest BCUT2D eigenvalue weighted by atomic mass is 10.1. The highest BCUT2D eigenvalue weighted by atomic mass is 127. The molecule has 0 atom stereocenters. The van der Waals surface area contributed by atoms with Crippen molar-refractivity contribution in [1.29, 1.82) is 5.26 Å². The van der Waals surface area contributed by atoms with Crippen LogP contribution in [0.2, 0.25) is 0 Å². The van der Waals surface area contributed by atoms with Gasteiger partial charge in [0.2, 0.25) is 0 Å². The van der Waals surface area contributed by atoms with E-state index in [9.17, 15) is 4.79 Å². The van der Waals surface area contributed by atoms with E-state index in [-0.39, 0.29) is 0 Å². The maximum absolute atomic E-state index is 11.3. The van der Waals surface area contributed by atoms with Crippen LogP contribution < -0.4 is 0 Å². The van der Waals surface area contributed by atoms with Crippen molar-refractivity contribution in [3.05, 3.63) is 31.3 Å². The maximum atomic E-state index is 11.3. The average molecular weight is 366 g/mol. The van der Waals surface area contributed by atoms with Crippen molar-refractivity contribution in [3.8, 4) is 6.07 Å². The Morgan fingerprint density at radius 2 is 2.29 bits per heavy atom. The first-order valence-corrected chi connectivity index (χ1v) is 5.44. The minimum atomic E-state index is -0.452. The van der Waals surface area contributed by atoms with Gasteiger partial charge in [-0.15, -0.1) is 0 Å². The van der Waals surface area contributed by atoms with Gasteiger partial charge in [-0.05, 0) is 50.7 Å². The fraction of sp³-hybridized carbons (Fsp3) is 0.111. The molecule has 0 aromatic heterocycles. The van der Waals surface area contributed by atoms with E-state index in [0.717, 1.165) is 3.57 Å². The Morgan fingerprint density at radius 1 is 1.64 bits per heavy atom. The predicted octanol–water partition coefficient (Wildman–Crippen LogP) is 2.71. The summed E-state index contributed by atoms with van der Waals surface area (Å²) in [5.41, 5.74) is 0.799. The quantitative estimate of drug-likeness (QED) is 0.568. The van der Waals surface area contributed by atoms with Gasteiger partial charge < -0.3 is 4.74 Å². The summed E-state index contributed by atoms with van der Waals surface area (Å²) in [6, 6.07) is 5.35. The normalized spacial score (nSPS) is 9.29. The minimum Gasteiger partial charge on any atom is -0.465 e. The summed E-state index contributed by atoms with van der Waals surface area (Å²) in [4.78, 5) is 11.3. The Labute approximate surface area is 103 Å². The standard InChI is InChI=1S/C9H5BrINO2/c1-14-9(13)7-3-6(11)2-5(4-12)8(7)10/h2-3H,1H3. The first-order valence-electron chi connectivity index (χ1n) is 3.57. The van der Waals surface area contributed by atoms with Crippen molar-refractivity contribution >= 4 is 44.5 Å². The van der Waals surface area contributed by atoms with E-state index in [1.54, 1.807) is 12.1 Å². The molecule has 0 amide bonds. The van der Waals surface area contributed by atoms with E-state index in [1.807, 2.05) is 28.7 Å². The van der Waals surface area contributed by atoms with Gasteiger partial charge in [-0.1, -0.05) is 0 Å². The zero-order valence-electron chi connectivity index (χ0n) is 7.17. The largest absolute Gasteiger partial charge is 0.465 e. The molecule has 0 fully saturated rings. The van der Waals surface area contributed by atoms with Gasteiger partial charge in [0.25, 0.3) is 0 Å². The van der Waals surface area contributed by atoms with Crippen LogP contribution in [0.15, 0.2) is 16.6 Å². The monoisotopic (exact) mass is 365 g/mol. The van der Waals surface area contributed by atoms with Crippen LogP contribution in [-0.4, -0.2) is 13.1 Å². The molecule has 1 rings (SSSR count). The average Bonchev–Trinajstić information content (AvgIpc) is 2.19. The van der Waals surface area contributed by atoms with E-state index >= 15 is 0 Å². The minimum absolute atomic E-state index is 0.371. The zero-order chi connectivity index (χ0) is 10.7. The van der Waals surface area contributed by atoms with Gasteiger partial charge in [0.05, 0.1) is 18.2 Å². The molecule has 0 aliphatic rings. The lowest BCUT2D eigenvalue weighted by Crippen LogP contribution is -2.04. The molecule has 0 bridgehead atoms. The van der Waals surface area contributed by atoms with Crippen LogP contribution in [0.1, 0.15) is 15.9 Å². The van der Waals surface area contributed by atoms with Crippen molar-refractivity contribution in [2.75, 3.05) is 7.11 Å². The second kappa shape index (κ2) is 4.75. The van der Waals surface area contributed by atoms with Crippen LogP contribution in [-0.2, 0) is 4.74 Å². The van der Waals surface area contributed by atoms with E-state index in [2.05, 4.69) is 20.7 Å². The van der Waals surface area contributed by atoms with Crippen LogP contribution in [0, 0.1) is 14.9 Å². The fourth-order valence-electron chi connectivity index (χ4n) is 0.929. The number of carbonyl (C=O) groups excluding carboxylic acids is 1. The molecule has 3 nitrogen and oxygen atoms in total. The van der Waals surface area contributed by atoms with Gasteiger partial charge in [-0.25, -0.2) is 4.79 Å². The Balaban J connectivity index is 3.38. The van der Waals surface area contributed by atoms with E-state index < -0.39 is 5.97 Å². The van der Waals surface area contributed by atoms with Crippen LogP contribution in [0.5, 0.6) is 0 Å². The molecule has 1 aromatic carbocycles. The van der Waals surface area contributed by atoms with Gasteiger partial charge >= 0.3 is 5.97 Å². The number of rotatable bonds is 1. The number of benzene rings is 1. The number of hydrogen-bond donors (Lipinski definition) is 0. The first kappa shape index (κ1) is 11.5. The van der Waals surface area contributed by atoms with Crippen LogP contribution in [0.3, 0.4) is 0 Å². The van der Waals surface area contributed by atoms with Gasteiger partial charge in [0, 0.05) is 8.04 Å². The number of nitrogens with zero attached hydrogens (tertiary/aromatic N) is 1. The number of esters is 1. The Morgan fingerprint density at radius 3 is 2.79 bits per heavy atom. The van der Waals surface area contributed by atoms with E-state index in [0.29, 0.717) is 15.6 Å². The Hall–Kier alpha value is -0.610. The van der Waals surface area contributed by atoms with Crippen LogP contribution >= 0.6 is 38.5 Å².